The highest BCUT2D eigenvalue weighted by Gasteiger charge is 2.20. The van der Waals surface area contributed by atoms with Gasteiger partial charge in [-0.2, -0.15) is 5.10 Å². The van der Waals surface area contributed by atoms with Crippen molar-refractivity contribution >= 4 is 16.9 Å². The molecule has 0 bridgehead atoms. The topological polar surface area (TPSA) is 73.0 Å². The van der Waals surface area contributed by atoms with E-state index in [0.717, 1.165) is 19.5 Å². The molecular weight excluding hydrogens is 282 g/mol. The zero-order chi connectivity index (χ0) is 15.7. The van der Waals surface area contributed by atoms with Crippen LogP contribution in [0.5, 0.6) is 0 Å². The molecule has 1 aliphatic rings. The Labute approximate surface area is 128 Å². The molecule has 0 spiro atoms. The highest BCUT2D eigenvalue weighted by atomic mass is 16.2. The number of piperidine rings is 1. The Balaban J connectivity index is 1.70. The number of nitrogens with zero attached hydrogens (tertiary/aromatic N) is 5. The second-order valence-corrected chi connectivity index (χ2v) is 6.09. The lowest BCUT2D eigenvalue weighted by molar-refractivity contribution is -0.133. The van der Waals surface area contributed by atoms with Crippen LogP contribution in [0.1, 0.15) is 26.2 Å². The van der Waals surface area contributed by atoms with E-state index in [1.54, 1.807) is 11.7 Å². The largest absolute Gasteiger partial charge is 0.342 e. The molecule has 0 saturated carbocycles. The molecule has 22 heavy (non-hydrogen) atoms. The van der Waals surface area contributed by atoms with Gasteiger partial charge in [0.1, 0.15) is 5.39 Å². The fourth-order valence-corrected chi connectivity index (χ4v) is 3.02. The number of carbonyl (C=O) groups excluding carboxylic acids is 1. The maximum Gasteiger partial charge on any atom is 0.264 e. The summed E-state index contributed by atoms with van der Waals surface area (Å²) in [5.41, 5.74) is 0.426. The maximum absolute atomic E-state index is 12.3. The van der Waals surface area contributed by atoms with E-state index in [0.29, 0.717) is 29.9 Å². The van der Waals surface area contributed by atoms with Gasteiger partial charge in [0.05, 0.1) is 12.5 Å². The third kappa shape index (κ3) is 2.75. The third-order valence-corrected chi connectivity index (χ3v) is 4.29. The number of rotatable bonds is 3. The molecule has 3 heterocycles. The molecule has 7 nitrogen and oxygen atoms in total. The van der Waals surface area contributed by atoms with E-state index in [1.165, 1.54) is 23.5 Å². The van der Waals surface area contributed by atoms with Crippen LogP contribution in [-0.4, -0.2) is 43.2 Å². The molecule has 1 fully saturated rings. The first-order chi connectivity index (χ1) is 10.6. The van der Waals surface area contributed by atoms with Crippen LogP contribution in [0.3, 0.4) is 0 Å². The Bertz CT molecular complexity index is 748. The van der Waals surface area contributed by atoms with Crippen molar-refractivity contribution in [1.29, 1.82) is 0 Å². The lowest BCUT2D eigenvalue weighted by Gasteiger charge is -2.31. The summed E-state index contributed by atoms with van der Waals surface area (Å²) in [6.07, 6.45) is 5.61. The molecule has 7 heteroatoms. The van der Waals surface area contributed by atoms with Gasteiger partial charge in [0.2, 0.25) is 5.91 Å². The summed E-state index contributed by atoms with van der Waals surface area (Å²) in [5, 5.41) is 4.53. The van der Waals surface area contributed by atoms with Crippen LogP contribution in [0.25, 0.3) is 11.0 Å². The quantitative estimate of drug-likeness (QED) is 0.840. The minimum Gasteiger partial charge on any atom is -0.342 e. The standard InChI is InChI=1S/C15H21N5O2/c1-11-4-3-6-19(9-11)13(21)5-7-20-10-16-14-12(15(20)22)8-17-18(14)2/h8,10-11H,3-7,9H2,1-2H3/t11-/m0/s1. The van der Waals surface area contributed by atoms with Gasteiger partial charge in [-0.25, -0.2) is 4.98 Å². The summed E-state index contributed by atoms with van der Waals surface area (Å²) in [6.45, 7) is 4.19. The zero-order valence-corrected chi connectivity index (χ0v) is 13.0. The number of amides is 1. The molecule has 2 aromatic rings. The molecule has 0 radical (unpaired) electrons. The maximum atomic E-state index is 12.3. The van der Waals surface area contributed by atoms with Crippen LogP contribution >= 0.6 is 0 Å². The molecule has 0 aliphatic carbocycles. The number of hydrogen-bond acceptors (Lipinski definition) is 4. The second-order valence-electron chi connectivity index (χ2n) is 6.09. The van der Waals surface area contributed by atoms with Crippen molar-refractivity contribution in [1.82, 2.24) is 24.2 Å². The number of hydrogen-bond donors (Lipinski definition) is 0. The third-order valence-electron chi connectivity index (χ3n) is 4.29. The van der Waals surface area contributed by atoms with Crippen LogP contribution in [-0.2, 0) is 18.4 Å². The fraction of sp³-hybridized carbons (Fsp3) is 0.600. The minimum absolute atomic E-state index is 0.115. The van der Waals surface area contributed by atoms with Crippen molar-refractivity contribution in [3.8, 4) is 0 Å². The van der Waals surface area contributed by atoms with E-state index in [4.69, 9.17) is 0 Å². The molecule has 0 aromatic carbocycles. The molecule has 118 valence electrons. The minimum atomic E-state index is -0.141. The van der Waals surface area contributed by atoms with Crippen LogP contribution < -0.4 is 5.56 Å². The zero-order valence-electron chi connectivity index (χ0n) is 13.0. The first-order valence-corrected chi connectivity index (χ1v) is 7.71. The van der Waals surface area contributed by atoms with E-state index in [9.17, 15) is 9.59 Å². The van der Waals surface area contributed by atoms with E-state index in [2.05, 4.69) is 17.0 Å². The number of carbonyl (C=O) groups is 1. The first kappa shape index (κ1) is 14.7. The summed E-state index contributed by atoms with van der Waals surface area (Å²) >= 11 is 0. The predicted molar refractivity (Wildman–Crippen MR) is 82.4 cm³/mol. The van der Waals surface area contributed by atoms with Crippen molar-refractivity contribution in [2.75, 3.05) is 13.1 Å². The molecule has 1 aliphatic heterocycles. The van der Waals surface area contributed by atoms with E-state index >= 15 is 0 Å². The fourth-order valence-electron chi connectivity index (χ4n) is 3.02. The predicted octanol–water partition coefficient (Wildman–Crippen LogP) is 0.779. The number of aryl methyl sites for hydroxylation is 2. The number of fused-ring (bicyclic) bond motifs is 1. The smallest absolute Gasteiger partial charge is 0.264 e. The summed E-state index contributed by atoms with van der Waals surface area (Å²) < 4.78 is 3.07. The van der Waals surface area contributed by atoms with Gasteiger partial charge in [0, 0.05) is 33.1 Å². The average molecular weight is 303 g/mol. The normalized spacial score (nSPS) is 18.8. The van der Waals surface area contributed by atoms with Crippen molar-refractivity contribution in [3.05, 3.63) is 22.9 Å². The number of aromatic nitrogens is 4. The number of likely N-dealkylation sites (tertiary alicyclic amines) is 1. The van der Waals surface area contributed by atoms with Gasteiger partial charge in [-0.05, 0) is 18.8 Å². The van der Waals surface area contributed by atoms with E-state index in [1.807, 2.05) is 4.90 Å². The summed E-state index contributed by atoms with van der Waals surface area (Å²) in [7, 11) is 1.75. The van der Waals surface area contributed by atoms with Gasteiger partial charge in [-0.1, -0.05) is 6.92 Å². The molecule has 3 rings (SSSR count). The van der Waals surface area contributed by atoms with Gasteiger partial charge >= 0.3 is 0 Å². The molecule has 0 unspecified atom stereocenters. The van der Waals surface area contributed by atoms with Gasteiger partial charge in [0.25, 0.3) is 5.56 Å². The Morgan fingerprint density at radius 3 is 3.05 bits per heavy atom. The first-order valence-electron chi connectivity index (χ1n) is 7.71. The average Bonchev–Trinajstić information content (AvgIpc) is 2.88. The summed E-state index contributed by atoms with van der Waals surface area (Å²) in [4.78, 5) is 30.8. The van der Waals surface area contributed by atoms with Crippen LogP contribution in [0.2, 0.25) is 0 Å². The highest BCUT2D eigenvalue weighted by molar-refractivity contribution is 5.76. The van der Waals surface area contributed by atoms with Crippen molar-refractivity contribution in [2.24, 2.45) is 13.0 Å². The Morgan fingerprint density at radius 1 is 1.45 bits per heavy atom. The van der Waals surface area contributed by atoms with E-state index in [-0.39, 0.29) is 11.5 Å². The molecule has 1 atom stereocenters. The summed E-state index contributed by atoms with van der Waals surface area (Å²) in [5.74, 6) is 0.679. The van der Waals surface area contributed by atoms with Gasteiger partial charge < -0.3 is 4.90 Å². The second kappa shape index (κ2) is 5.90. The molecule has 1 saturated heterocycles. The van der Waals surface area contributed by atoms with Gasteiger partial charge in [-0.15, -0.1) is 0 Å². The molecule has 2 aromatic heterocycles. The van der Waals surface area contributed by atoms with Gasteiger partial charge in [0.15, 0.2) is 5.65 Å². The van der Waals surface area contributed by atoms with Gasteiger partial charge in [-0.3, -0.25) is 18.8 Å². The monoisotopic (exact) mass is 303 g/mol. The van der Waals surface area contributed by atoms with Crippen LogP contribution in [0.15, 0.2) is 17.3 Å². The van der Waals surface area contributed by atoms with Crippen molar-refractivity contribution < 1.29 is 4.79 Å². The molecule has 0 N–H and O–H groups in total. The Hall–Kier alpha value is -2.18. The van der Waals surface area contributed by atoms with Crippen molar-refractivity contribution in [3.63, 3.8) is 0 Å². The van der Waals surface area contributed by atoms with Crippen LogP contribution in [0.4, 0.5) is 0 Å². The van der Waals surface area contributed by atoms with Crippen LogP contribution in [0, 0.1) is 5.92 Å². The lowest BCUT2D eigenvalue weighted by atomic mass is 10.00. The SMILES string of the molecule is C[C@H]1CCCN(C(=O)CCn2cnc3c(cnn3C)c2=O)C1. The highest BCUT2D eigenvalue weighted by Crippen LogP contribution is 2.16. The summed E-state index contributed by atoms with van der Waals surface area (Å²) in [6, 6.07) is 0. The molecule has 1 amide bonds. The van der Waals surface area contributed by atoms with E-state index < -0.39 is 0 Å². The van der Waals surface area contributed by atoms with Crippen molar-refractivity contribution in [2.45, 2.75) is 32.7 Å². The Morgan fingerprint density at radius 2 is 2.27 bits per heavy atom. The lowest BCUT2D eigenvalue weighted by Crippen LogP contribution is -2.39. The molecular formula is C15H21N5O2. The Kier molecular flexibility index (Phi) is 3.96.